The number of halogens is 3. The summed E-state index contributed by atoms with van der Waals surface area (Å²) < 4.78 is 44.0. The number of aromatic nitrogens is 2. The SMILES string of the molecule is Fc1ccc(Nc2ncnc(OS)c2F)c(F)c1. The molecule has 18 heavy (non-hydrogen) atoms. The topological polar surface area (TPSA) is 47.0 Å². The fourth-order valence-corrected chi connectivity index (χ4v) is 1.35. The fraction of sp³-hybridized carbons (Fsp3) is 0. The van der Waals surface area contributed by atoms with Gasteiger partial charge in [0.05, 0.1) is 5.69 Å². The second-order valence-electron chi connectivity index (χ2n) is 3.18. The van der Waals surface area contributed by atoms with Gasteiger partial charge in [-0.05, 0) is 12.1 Å². The molecule has 2 rings (SSSR count). The van der Waals surface area contributed by atoms with Crippen molar-refractivity contribution < 1.29 is 17.4 Å². The van der Waals surface area contributed by atoms with Crippen molar-refractivity contribution in [3.8, 4) is 5.88 Å². The van der Waals surface area contributed by atoms with Gasteiger partial charge in [0, 0.05) is 19.0 Å². The average Bonchev–Trinajstić information content (AvgIpc) is 2.35. The van der Waals surface area contributed by atoms with E-state index in [4.69, 9.17) is 0 Å². The first-order chi connectivity index (χ1) is 8.61. The third-order valence-electron chi connectivity index (χ3n) is 2.03. The minimum absolute atomic E-state index is 0.126. The van der Waals surface area contributed by atoms with Crippen LogP contribution in [-0.2, 0) is 0 Å². The summed E-state index contributed by atoms with van der Waals surface area (Å²) in [5.41, 5.74) is -0.126. The Hall–Kier alpha value is -1.96. The van der Waals surface area contributed by atoms with Crippen LogP contribution in [0, 0.1) is 17.5 Å². The normalized spacial score (nSPS) is 10.2. The van der Waals surface area contributed by atoms with Crippen molar-refractivity contribution in [3.63, 3.8) is 0 Å². The van der Waals surface area contributed by atoms with Gasteiger partial charge in [-0.3, -0.25) is 0 Å². The maximum atomic E-state index is 13.6. The number of anilines is 2. The van der Waals surface area contributed by atoms with Crippen molar-refractivity contribution in [3.05, 3.63) is 42.0 Å². The molecule has 0 atom stereocenters. The third kappa shape index (κ3) is 2.48. The van der Waals surface area contributed by atoms with Gasteiger partial charge >= 0.3 is 0 Å². The van der Waals surface area contributed by atoms with Crippen LogP contribution in [0.2, 0.25) is 0 Å². The molecule has 0 bridgehead atoms. The molecule has 1 aromatic carbocycles. The van der Waals surface area contributed by atoms with E-state index in [-0.39, 0.29) is 11.5 Å². The Kier molecular flexibility index (Phi) is 3.56. The molecule has 2 aromatic rings. The Morgan fingerprint density at radius 2 is 1.94 bits per heavy atom. The number of benzene rings is 1. The highest BCUT2D eigenvalue weighted by Crippen LogP contribution is 2.25. The second-order valence-corrected chi connectivity index (χ2v) is 3.36. The van der Waals surface area contributed by atoms with Gasteiger partial charge in [-0.25, -0.2) is 13.8 Å². The van der Waals surface area contributed by atoms with E-state index in [2.05, 4.69) is 32.4 Å². The lowest BCUT2D eigenvalue weighted by atomic mass is 10.3. The average molecular weight is 273 g/mol. The largest absolute Gasteiger partial charge is 0.406 e. The highest BCUT2D eigenvalue weighted by Gasteiger charge is 2.13. The molecule has 0 unspecified atom stereocenters. The van der Waals surface area contributed by atoms with Gasteiger partial charge in [-0.2, -0.15) is 9.37 Å². The van der Waals surface area contributed by atoms with Crippen molar-refractivity contribution in [2.45, 2.75) is 0 Å². The minimum Gasteiger partial charge on any atom is -0.406 e. The summed E-state index contributed by atoms with van der Waals surface area (Å²) in [7, 11) is 0. The highest BCUT2D eigenvalue weighted by molar-refractivity contribution is 7.75. The molecular formula is C10H6F3N3OS. The minimum atomic E-state index is -0.934. The molecule has 8 heteroatoms. The van der Waals surface area contributed by atoms with Crippen LogP contribution in [0.4, 0.5) is 24.7 Å². The molecule has 0 radical (unpaired) electrons. The summed E-state index contributed by atoms with van der Waals surface area (Å²) in [6, 6.07) is 2.81. The second kappa shape index (κ2) is 5.13. The van der Waals surface area contributed by atoms with E-state index in [1.165, 1.54) is 0 Å². The molecule has 0 spiro atoms. The Labute approximate surface area is 105 Å². The zero-order chi connectivity index (χ0) is 13.1. The van der Waals surface area contributed by atoms with Gasteiger partial charge < -0.3 is 9.50 Å². The van der Waals surface area contributed by atoms with Gasteiger partial charge in [0.1, 0.15) is 18.0 Å². The molecule has 1 heterocycles. The predicted molar refractivity (Wildman–Crippen MR) is 61.2 cm³/mol. The Balaban J connectivity index is 2.34. The van der Waals surface area contributed by atoms with Gasteiger partial charge in [0.2, 0.25) is 5.82 Å². The van der Waals surface area contributed by atoms with Crippen molar-refractivity contribution in [1.29, 1.82) is 0 Å². The molecule has 1 aromatic heterocycles. The zero-order valence-corrected chi connectivity index (χ0v) is 9.59. The number of rotatable bonds is 3. The summed E-state index contributed by atoms with van der Waals surface area (Å²) in [5, 5.41) is 2.36. The monoisotopic (exact) mass is 273 g/mol. The molecule has 0 saturated carbocycles. The van der Waals surface area contributed by atoms with Crippen LogP contribution in [0.15, 0.2) is 24.5 Å². The van der Waals surface area contributed by atoms with Crippen molar-refractivity contribution in [1.82, 2.24) is 9.97 Å². The van der Waals surface area contributed by atoms with E-state index < -0.39 is 23.3 Å². The zero-order valence-electron chi connectivity index (χ0n) is 8.69. The number of nitrogens with zero attached hydrogens (tertiary/aromatic N) is 2. The molecule has 94 valence electrons. The van der Waals surface area contributed by atoms with Gasteiger partial charge in [0.25, 0.3) is 5.88 Å². The number of nitrogens with one attached hydrogen (secondary N) is 1. The summed E-state index contributed by atoms with van der Waals surface area (Å²) in [5.74, 6) is -3.25. The van der Waals surface area contributed by atoms with Crippen molar-refractivity contribution >= 4 is 24.4 Å². The summed E-state index contributed by atoms with van der Waals surface area (Å²) >= 11 is 3.41. The van der Waals surface area contributed by atoms with E-state index in [0.717, 1.165) is 18.5 Å². The van der Waals surface area contributed by atoms with Crippen LogP contribution in [0.1, 0.15) is 0 Å². The first-order valence-corrected chi connectivity index (χ1v) is 5.02. The van der Waals surface area contributed by atoms with Crippen LogP contribution in [-0.4, -0.2) is 9.97 Å². The van der Waals surface area contributed by atoms with Crippen LogP contribution < -0.4 is 9.50 Å². The predicted octanol–water partition coefficient (Wildman–Crippen LogP) is 2.86. The van der Waals surface area contributed by atoms with E-state index in [9.17, 15) is 13.2 Å². The third-order valence-corrected chi connectivity index (χ3v) is 2.20. The first-order valence-electron chi connectivity index (χ1n) is 4.66. The van der Waals surface area contributed by atoms with Crippen molar-refractivity contribution in [2.75, 3.05) is 5.32 Å². The van der Waals surface area contributed by atoms with Crippen LogP contribution in [0.3, 0.4) is 0 Å². The molecule has 4 nitrogen and oxygen atoms in total. The number of thiol groups is 1. The van der Waals surface area contributed by atoms with E-state index in [0.29, 0.717) is 6.07 Å². The molecular weight excluding hydrogens is 267 g/mol. The van der Waals surface area contributed by atoms with E-state index in [1.807, 2.05) is 0 Å². The van der Waals surface area contributed by atoms with Gasteiger partial charge in [0.15, 0.2) is 5.82 Å². The molecule has 0 amide bonds. The Morgan fingerprint density at radius 1 is 1.17 bits per heavy atom. The van der Waals surface area contributed by atoms with Crippen LogP contribution in [0.25, 0.3) is 0 Å². The smallest absolute Gasteiger partial charge is 0.268 e. The van der Waals surface area contributed by atoms with Gasteiger partial charge in [-0.15, -0.1) is 0 Å². The summed E-state index contributed by atoms with van der Waals surface area (Å²) in [6.45, 7) is 0. The molecule has 0 saturated heterocycles. The van der Waals surface area contributed by atoms with E-state index >= 15 is 0 Å². The number of hydrogen-bond donors (Lipinski definition) is 2. The van der Waals surface area contributed by atoms with Crippen LogP contribution in [0.5, 0.6) is 5.88 Å². The Bertz CT molecular complexity index is 582. The molecule has 0 aliphatic carbocycles. The lowest BCUT2D eigenvalue weighted by Crippen LogP contribution is -2.01. The number of hydrogen-bond acceptors (Lipinski definition) is 5. The summed E-state index contributed by atoms with van der Waals surface area (Å²) in [4.78, 5) is 7.03. The molecule has 1 N–H and O–H groups in total. The first kappa shape index (κ1) is 12.5. The molecule has 0 aliphatic heterocycles. The highest BCUT2D eigenvalue weighted by atomic mass is 32.1. The van der Waals surface area contributed by atoms with E-state index in [1.54, 1.807) is 0 Å². The quantitative estimate of drug-likeness (QED) is 0.667. The lowest BCUT2D eigenvalue weighted by molar-refractivity contribution is 0.523. The molecule has 0 fully saturated rings. The maximum absolute atomic E-state index is 13.6. The molecule has 0 aliphatic rings. The van der Waals surface area contributed by atoms with Crippen molar-refractivity contribution in [2.24, 2.45) is 0 Å². The standard InChI is InChI=1S/C10H6F3N3OS/c11-5-1-2-7(6(12)3-5)16-9-8(13)10(17-18)15-4-14-9/h1-4,18H,(H,14,15,16). The Morgan fingerprint density at radius 3 is 2.61 bits per heavy atom. The fourth-order valence-electron chi connectivity index (χ4n) is 1.22. The van der Waals surface area contributed by atoms with Gasteiger partial charge in [-0.1, -0.05) is 0 Å². The lowest BCUT2D eigenvalue weighted by Gasteiger charge is -2.08. The summed E-state index contributed by atoms with van der Waals surface area (Å²) in [6.07, 6.45) is 1.01. The van der Waals surface area contributed by atoms with Crippen LogP contribution >= 0.6 is 12.9 Å². The maximum Gasteiger partial charge on any atom is 0.268 e.